The Morgan fingerprint density at radius 3 is 2.49 bits per heavy atom. The van der Waals surface area contributed by atoms with Crippen LogP contribution in [0, 0.1) is 0 Å². The second-order valence-corrected chi connectivity index (χ2v) is 21.1. The second kappa shape index (κ2) is 15.5. The molecule has 0 aliphatic carbocycles. The first-order valence-electron chi connectivity index (χ1n) is 16.6. The molecule has 2 aliphatic rings. The lowest BCUT2D eigenvalue weighted by atomic mass is 9.87. The molecule has 2 aliphatic heterocycles. The summed E-state index contributed by atoms with van der Waals surface area (Å²) in [7, 11) is 0.543. The highest BCUT2D eigenvalue weighted by atomic mass is 32.1. The Balaban J connectivity index is 1.35. The molecular weight excluding hydrogens is 603 g/mol. The van der Waals surface area contributed by atoms with E-state index >= 15 is 0 Å². The lowest BCUT2D eigenvalue weighted by molar-refractivity contribution is -0.193. The van der Waals surface area contributed by atoms with E-state index < -0.39 is 8.07 Å². The van der Waals surface area contributed by atoms with E-state index in [-0.39, 0.29) is 35.9 Å². The van der Waals surface area contributed by atoms with Crippen molar-refractivity contribution in [3.05, 3.63) is 52.2 Å². The van der Waals surface area contributed by atoms with Crippen molar-refractivity contribution >= 4 is 31.4 Å². The average molecular weight is 658 g/mol. The third kappa shape index (κ3) is 9.80. The molecule has 0 unspecified atom stereocenters. The van der Waals surface area contributed by atoms with Gasteiger partial charge in [0, 0.05) is 58.1 Å². The largest absolute Gasteiger partial charge is 0.485 e. The van der Waals surface area contributed by atoms with E-state index in [1.54, 1.807) is 23.3 Å². The minimum atomic E-state index is -1.26. The number of likely N-dealkylation sites (tertiary alicyclic amines) is 1. The standard InChI is InChI=1S/C35H55N3O5SSi/c1-26(2)38-25-35(43-28(4)33(38)39)16-19-37(20-17-35)27(3)24-29-12-9-10-13-30(29)42-31(32-14-11-22-44-32)15-18-36(5)34(40)41-21-23-45(6,7)8/h9-14,22,26-28,31H,15-21,23-25H2,1-8H3/t27-,28+,31+/m0/s1. The summed E-state index contributed by atoms with van der Waals surface area (Å²) in [5.74, 6) is 1.00. The van der Waals surface area contributed by atoms with E-state index in [1.807, 2.05) is 17.9 Å². The van der Waals surface area contributed by atoms with E-state index in [2.05, 4.69) is 81.0 Å². The predicted octanol–water partition coefficient (Wildman–Crippen LogP) is 7.09. The lowest BCUT2D eigenvalue weighted by Crippen LogP contribution is -2.63. The number of benzene rings is 1. The molecular formula is C35H55N3O5SSi. The van der Waals surface area contributed by atoms with Crippen molar-refractivity contribution in [3.8, 4) is 5.75 Å². The van der Waals surface area contributed by atoms with Crippen LogP contribution in [0.15, 0.2) is 41.8 Å². The molecule has 0 N–H and O–H groups in total. The van der Waals surface area contributed by atoms with Gasteiger partial charge in [-0.3, -0.25) is 4.79 Å². The second-order valence-electron chi connectivity index (χ2n) is 14.5. The fraction of sp³-hybridized carbons (Fsp3) is 0.657. The molecule has 3 atom stereocenters. The fourth-order valence-electron chi connectivity index (χ4n) is 6.25. The molecule has 1 aromatic carbocycles. The third-order valence-corrected chi connectivity index (χ3v) is 11.9. The molecule has 2 fully saturated rings. The van der Waals surface area contributed by atoms with Crippen LogP contribution in [0.3, 0.4) is 0 Å². The summed E-state index contributed by atoms with van der Waals surface area (Å²) < 4.78 is 18.7. The van der Waals surface area contributed by atoms with Crippen LogP contribution >= 0.6 is 11.3 Å². The Morgan fingerprint density at radius 1 is 1.13 bits per heavy atom. The van der Waals surface area contributed by atoms with Crippen molar-refractivity contribution in [1.82, 2.24) is 14.7 Å². The van der Waals surface area contributed by atoms with E-state index in [0.717, 1.165) is 49.0 Å². The molecule has 2 amide bonds. The summed E-state index contributed by atoms with van der Waals surface area (Å²) in [6, 6.07) is 14.0. The quantitative estimate of drug-likeness (QED) is 0.214. The number of carbonyl (C=O) groups is 2. The van der Waals surface area contributed by atoms with Gasteiger partial charge in [-0.2, -0.15) is 0 Å². The van der Waals surface area contributed by atoms with Crippen LogP contribution in [0.1, 0.15) is 63.5 Å². The normalized spacial score (nSPS) is 20.3. The van der Waals surface area contributed by atoms with Gasteiger partial charge in [0.25, 0.3) is 5.91 Å². The van der Waals surface area contributed by atoms with Crippen LogP contribution in [0.25, 0.3) is 0 Å². The van der Waals surface area contributed by atoms with Crippen LogP contribution in [0.5, 0.6) is 5.75 Å². The van der Waals surface area contributed by atoms with Crippen molar-refractivity contribution in [1.29, 1.82) is 0 Å². The Hall–Kier alpha value is -2.40. The Bertz CT molecular complexity index is 1240. The molecule has 3 heterocycles. The van der Waals surface area contributed by atoms with E-state index in [4.69, 9.17) is 14.2 Å². The molecule has 0 bridgehead atoms. The van der Waals surface area contributed by atoms with Gasteiger partial charge in [-0.05, 0) is 76.1 Å². The number of ether oxygens (including phenoxy) is 3. The Kier molecular flexibility index (Phi) is 12.2. The third-order valence-electron chi connectivity index (χ3n) is 9.21. The van der Waals surface area contributed by atoms with Crippen LogP contribution in [-0.2, 0) is 20.7 Å². The van der Waals surface area contributed by atoms with Crippen molar-refractivity contribution in [2.75, 3.05) is 39.8 Å². The van der Waals surface area contributed by atoms with E-state index in [9.17, 15) is 9.59 Å². The van der Waals surface area contributed by atoms with E-state index in [1.165, 1.54) is 5.56 Å². The molecule has 45 heavy (non-hydrogen) atoms. The average Bonchev–Trinajstić information content (AvgIpc) is 3.52. The maximum absolute atomic E-state index is 12.7. The number of morpholine rings is 1. The van der Waals surface area contributed by atoms with Crippen molar-refractivity contribution in [2.45, 2.75) is 109 Å². The van der Waals surface area contributed by atoms with Crippen molar-refractivity contribution in [2.24, 2.45) is 0 Å². The summed E-state index contributed by atoms with van der Waals surface area (Å²) in [4.78, 5) is 32.7. The number of hydrogen-bond donors (Lipinski definition) is 0. The summed E-state index contributed by atoms with van der Waals surface area (Å²) in [5.41, 5.74) is 0.932. The number of piperidine rings is 1. The maximum Gasteiger partial charge on any atom is 0.409 e. The number of carbonyl (C=O) groups excluding carboxylic acids is 2. The van der Waals surface area contributed by atoms with Gasteiger partial charge in [0.1, 0.15) is 18.0 Å². The van der Waals surface area contributed by atoms with Gasteiger partial charge in [-0.25, -0.2) is 4.79 Å². The van der Waals surface area contributed by atoms with Crippen LogP contribution in [0.4, 0.5) is 4.79 Å². The van der Waals surface area contributed by atoms with Gasteiger partial charge >= 0.3 is 6.09 Å². The first-order chi connectivity index (χ1) is 21.3. The zero-order valence-corrected chi connectivity index (χ0v) is 30.5. The summed E-state index contributed by atoms with van der Waals surface area (Å²) in [6.45, 7) is 18.8. The number of rotatable bonds is 13. The molecule has 4 rings (SSSR count). The van der Waals surface area contributed by atoms with Crippen LogP contribution < -0.4 is 4.74 Å². The Morgan fingerprint density at radius 2 is 1.84 bits per heavy atom. The van der Waals surface area contributed by atoms with Gasteiger partial charge in [0.15, 0.2) is 0 Å². The maximum atomic E-state index is 12.7. The predicted molar refractivity (Wildman–Crippen MR) is 185 cm³/mol. The zero-order valence-electron chi connectivity index (χ0n) is 28.7. The SMILES string of the molecule is CC(C)N1CC2(CCN([C@@H](C)Cc3ccccc3O[C@H](CCN(C)C(=O)OCC[Si](C)(C)C)c3cccs3)CC2)O[C@H](C)C1=O. The molecule has 250 valence electrons. The molecule has 10 heteroatoms. The topological polar surface area (TPSA) is 71.6 Å². The molecule has 2 saturated heterocycles. The fourth-order valence-corrected chi connectivity index (χ4v) is 7.75. The number of hydrogen-bond acceptors (Lipinski definition) is 7. The monoisotopic (exact) mass is 657 g/mol. The molecule has 8 nitrogen and oxygen atoms in total. The molecule has 0 radical (unpaired) electrons. The van der Waals surface area contributed by atoms with Crippen LogP contribution in [0.2, 0.25) is 25.7 Å². The summed E-state index contributed by atoms with van der Waals surface area (Å²) in [5, 5.41) is 2.07. The number of para-hydroxylation sites is 1. The van der Waals surface area contributed by atoms with Gasteiger partial charge in [0.05, 0.1) is 18.8 Å². The van der Waals surface area contributed by atoms with Gasteiger partial charge < -0.3 is 28.9 Å². The summed E-state index contributed by atoms with van der Waals surface area (Å²) >= 11 is 1.68. The van der Waals surface area contributed by atoms with Crippen LogP contribution in [-0.4, -0.2) is 98.4 Å². The van der Waals surface area contributed by atoms with Gasteiger partial charge in [-0.1, -0.05) is 43.9 Å². The van der Waals surface area contributed by atoms with Crippen molar-refractivity contribution in [3.63, 3.8) is 0 Å². The number of amides is 2. The highest BCUT2D eigenvalue weighted by molar-refractivity contribution is 7.10. The number of nitrogens with zero attached hydrogens (tertiary/aromatic N) is 3. The van der Waals surface area contributed by atoms with Gasteiger partial charge in [0.2, 0.25) is 0 Å². The smallest absolute Gasteiger partial charge is 0.409 e. The highest BCUT2D eigenvalue weighted by Crippen LogP contribution is 2.36. The highest BCUT2D eigenvalue weighted by Gasteiger charge is 2.46. The molecule has 1 aromatic heterocycles. The number of thiophene rings is 1. The minimum Gasteiger partial charge on any atom is -0.485 e. The van der Waals surface area contributed by atoms with E-state index in [0.29, 0.717) is 32.2 Å². The first kappa shape index (κ1) is 35.5. The minimum absolute atomic E-state index is 0.105. The zero-order chi connectivity index (χ0) is 32.8. The van der Waals surface area contributed by atoms with Gasteiger partial charge in [-0.15, -0.1) is 11.3 Å². The lowest BCUT2D eigenvalue weighted by Gasteiger charge is -2.50. The molecule has 2 aromatic rings. The summed E-state index contributed by atoms with van der Waals surface area (Å²) in [6.07, 6.45) is 2.57. The van der Waals surface area contributed by atoms with Crippen molar-refractivity contribution < 1.29 is 23.8 Å². The molecule has 0 saturated carbocycles. The molecule has 1 spiro atoms. The Labute approximate surface area is 276 Å². The first-order valence-corrected chi connectivity index (χ1v) is 21.2.